The topological polar surface area (TPSA) is 49.8 Å². The van der Waals surface area contributed by atoms with Gasteiger partial charge in [-0.25, -0.2) is 0 Å². The molecule has 0 amide bonds. The third kappa shape index (κ3) is 8.01. The summed E-state index contributed by atoms with van der Waals surface area (Å²) in [6, 6.07) is 0. The normalized spacial score (nSPS) is 22.5. The highest BCUT2D eigenvalue weighted by Crippen LogP contribution is 2.11. The maximum Gasteiger partial charge on any atom is 0.293 e. The van der Waals surface area contributed by atoms with E-state index in [2.05, 4.69) is 11.7 Å². The van der Waals surface area contributed by atoms with Crippen LogP contribution in [0, 0.1) is 5.92 Å². The Morgan fingerprint density at radius 3 is 2.14 bits per heavy atom. The van der Waals surface area contributed by atoms with Crippen LogP contribution in [-0.4, -0.2) is 35.4 Å². The van der Waals surface area contributed by atoms with Gasteiger partial charge in [0.15, 0.2) is 0 Å². The molecule has 1 aliphatic rings. The average Bonchev–Trinajstić information content (AvgIpc) is 2.33. The van der Waals surface area contributed by atoms with Gasteiger partial charge in [0.05, 0.1) is 0 Å². The largest absolute Gasteiger partial charge is 0.462 e. The first-order valence-corrected chi connectivity index (χ1v) is 4.90. The number of hydrogen-bond acceptors (Lipinski definition) is 4. The van der Waals surface area contributed by atoms with Crippen molar-refractivity contribution in [2.45, 2.75) is 39.7 Å². The van der Waals surface area contributed by atoms with Crippen molar-refractivity contribution >= 4 is 6.47 Å². The van der Waals surface area contributed by atoms with Gasteiger partial charge in [-0.15, -0.1) is 0 Å². The van der Waals surface area contributed by atoms with Gasteiger partial charge in [0.1, 0.15) is 5.60 Å². The van der Waals surface area contributed by atoms with Crippen LogP contribution in [0.25, 0.3) is 0 Å². The molecule has 1 unspecified atom stereocenters. The van der Waals surface area contributed by atoms with Crippen LogP contribution >= 0.6 is 0 Å². The predicted molar refractivity (Wildman–Crippen MR) is 54.0 cm³/mol. The molecule has 0 aromatic heterocycles. The number of carbonyl (C=O) groups is 1. The summed E-state index contributed by atoms with van der Waals surface area (Å²) in [5, 5.41) is 10.1. The van der Waals surface area contributed by atoms with Crippen LogP contribution in [0.4, 0.5) is 0 Å². The lowest BCUT2D eigenvalue weighted by molar-refractivity contribution is -0.138. The molecule has 0 bridgehead atoms. The fraction of sp³-hybridized carbons (Fsp3) is 0.900. The summed E-state index contributed by atoms with van der Waals surface area (Å²) in [5.74, 6) is 0.699. The van der Waals surface area contributed by atoms with E-state index < -0.39 is 0 Å². The zero-order chi connectivity index (χ0) is 11.2. The predicted octanol–water partition coefficient (Wildman–Crippen LogP) is 1.68. The quantitative estimate of drug-likeness (QED) is 0.659. The molecule has 0 radical (unpaired) electrons. The minimum Gasteiger partial charge on any atom is -0.462 e. The Hall–Kier alpha value is -0.610. The van der Waals surface area contributed by atoms with Gasteiger partial charge in [-0.05, 0) is 33.1 Å². The molecule has 4 heteroatoms. The van der Waals surface area contributed by atoms with Crippen molar-refractivity contribution in [1.29, 1.82) is 0 Å². The lowest BCUT2D eigenvalue weighted by Crippen LogP contribution is -2.17. The van der Waals surface area contributed by atoms with Gasteiger partial charge in [0, 0.05) is 13.1 Å². The Labute approximate surface area is 85.8 Å². The molecule has 0 aromatic rings. The number of hydroxylamine groups is 2. The molecule has 0 spiro atoms. The summed E-state index contributed by atoms with van der Waals surface area (Å²) in [7, 11) is 0. The number of rotatable bonds is 1. The third-order valence-corrected chi connectivity index (χ3v) is 1.80. The van der Waals surface area contributed by atoms with Crippen LogP contribution in [0.1, 0.15) is 34.1 Å². The van der Waals surface area contributed by atoms with E-state index in [1.165, 1.54) is 5.06 Å². The first-order chi connectivity index (χ1) is 6.35. The highest BCUT2D eigenvalue weighted by atomic mass is 16.5. The molecule has 14 heavy (non-hydrogen) atoms. The van der Waals surface area contributed by atoms with Crippen LogP contribution in [0.2, 0.25) is 0 Å². The van der Waals surface area contributed by atoms with Gasteiger partial charge < -0.3 is 9.94 Å². The Bertz CT molecular complexity index is 157. The van der Waals surface area contributed by atoms with Crippen molar-refractivity contribution in [3.8, 4) is 0 Å². The van der Waals surface area contributed by atoms with E-state index >= 15 is 0 Å². The zero-order valence-electron chi connectivity index (χ0n) is 9.49. The van der Waals surface area contributed by atoms with Gasteiger partial charge in [-0.1, -0.05) is 6.92 Å². The van der Waals surface area contributed by atoms with Crippen molar-refractivity contribution in [1.82, 2.24) is 5.06 Å². The van der Waals surface area contributed by atoms with E-state index in [0.29, 0.717) is 12.4 Å². The highest BCUT2D eigenvalue weighted by molar-refractivity contribution is 5.37. The smallest absolute Gasteiger partial charge is 0.293 e. The first-order valence-electron chi connectivity index (χ1n) is 4.90. The maximum absolute atomic E-state index is 9.60. The minimum atomic E-state index is -0.318. The number of ether oxygens (including phenoxy) is 1. The number of hydrogen-bond donors (Lipinski definition) is 1. The molecule has 0 aromatic carbocycles. The Morgan fingerprint density at radius 2 is 2.07 bits per heavy atom. The SMILES string of the molecule is CC(C)(C)OC=O.CC1CCN(O)C1. The molecule has 84 valence electrons. The second kappa shape index (κ2) is 5.98. The fourth-order valence-electron chi connectivity index (χ4n) is 1.06. The minimum absolute atomic E-state index is 0.318. The van der Waals surface area contributed by atoms with Crippen molar-refractivity contribution in [2.24, 2.45) is 5.92 Å². The van der Waals surface area contributed by atoms with E-state index in [1.54, 1.807) is 0 Å². The fourth-order valence-corrected chi connectivity index (χ4v) is 1.06. The molecule has 1 atom stereocenters. The molecule has 4 nitrogen and oxygen atoms in total. The average molecular weight is 203 g/mol. The van der Waals surface area contributed by atoms with Crippen molar-refractivity contribution in [3.63, 3.8) is 0 Å². The summed E-state index contributed by atoms with van der Waals surface area (Å²) in [6.07, 6.45) is 1.15. The van der Waals surface area contributed by atoms with Crippen molar-refractivity contribution < 1.29 is 14.7 Å². The standard InChI is InChI=1S/C5H11NO.C5H10O2/c1-5-2-3-6(7)4-5;1-5(2,3)7-4-6/h5,7H,2-4H2,1H3;4H,1-3H3. The van der Waals surface area contributed by atoms with E-state index in [4.69, 9.17) is 5.21 Å². The zero-order valence-corrected chi connectivity index (χ0v) is 9.49. The van der Waals surface area contributed by atoms with E-state index in [1.807, 2.05) is 20.8 Å². The van der Waals surface area contributed by atoms with Crippen molar-refractivity contribution in [3.05, 3.63) is 0 Å². The Balaban J connectivity index is 0.000000241. The highest BCUT2D eigenvalue weighted by Gasteiger charge is 2.15. The summed E-state index contributed by atoms with van der Waals surface area (Å²) in [4.78, 5) is 9.60. The molecule has 0 saturated carbocycles. The van der Waals surface area contributed by atoms with Crippen LogP contribution in [-0.2, 0) is 9.53 Å². The Kier molecular flexibility index (Phi) is 5.72. The lowest BCUT2D eigenvalue weighted by atomic mass is 10.2. The molecule has 1 heterocycles. The summed E-state index contributed by atoms with van der Waals surface area (Å²) in [5.41, 5.74) is -0.318. The van der Waals surface area contributed by atoms with Gasteiger partial charge in [-0.3, -0.25) is 4.79 Å². The third-order valence-electron chi connectivity index (χ3n) is 1.80. The van der Waals surface area contributed by atoms with E-state index in [-0.39, 0.29) is 5.60 Å². The lowest BCUT2D eigenvalue weighted by Gasteiger charge is -2.14. The molecule has 0 aliphatic carbocycles. The summed E-state index contributed by atoms with van der Waals surface area (Å²) < 4.78 is 4.55. The molecule has 1 aliphatic heterocycles. The number of carbonyl (C=O) groups excluding carboxylic acids is 1. The monoisotopic (exact) mass is 203 g/mol. The van der Waals surface area contributed by atoms with Crippen LogP contribution in [0.5, 0.6) is 0 Å². The van der Waals surface area contributed by atoms with Gasteiger partial charge in [0.25, 0.3) is 6.47 Å². The second-order valence-corrected chi connectivity index (χ2v) is 4.63. The second-order valence-electron chi connectivity index (χ2n) is 4.63. The van der Waals surface area contributed by atoms with E-state index in [9.17, 15) is 4.79 Å². The molecule has 1 rings (SSSR count). The van der Waals surface area contributed by atoms with Crippen LogP contribution in [0.3, 0.4) is 0 Å². The van der Waals surface area contributed by atoms with Crippen molar-refractivity contribution in [2.75, 3.05) is 13.1 Å². The summed E-state index contributed by atoms with van der Waals surface area (Å²) in [6.45, 7) is 9.79. The molecular formula is C10H21NO3. The maximum atomic E-state index is 9.60. The van der Waals surface area contributed by atoms with Crippen LogP contribution < -0.4 is 0 Å². The van der Waals surface area contributed by atoms with E-state index in [0.717, 1.165) is 19.5 Å². The first kappa shape index (κ1) is 13.4. The molecule has 1 fully saturated rings. The Morgan fingerprint density at radius 1 is 1.50 bits per heavy atom. The van der Waals surface area contributed by atoms with Crippen LogP contribution in [0.15, 0.2) is 0 Å². The summed E-state index contributed by atoms with van der Waals surface area (Å²) >= 11 is 0. The molecule has 1 saturated heterocycles. The van der Waals surface area contributed by atoms with Gasteiger partial charge >= 0.3 is 0 Å². The van der Waals surface area contributed by atoms with Gasteiger partial charge in [0.2, 0.25) is 0 Å². The number of nitrogens with zero attached hydrogens (tertiary/aromatic N) is 1. The molecular weight excluding hydrogens is 182 g/mol. The van der Waals surface area contributed by atoms with Gasteiger partial charge in [-0.2, -0.15) is 5.06 Å². The molecule has 1 N–H and O–H groups in total.